The van der Waals surface area contributed by atoms with Gasteiger partial charge in [0.05, 0.1) is 24.0 Å². The van der Waals surface area contributed by atoms with Crippen molar-refractivity contribution < 1.29 is 23.6 Å². The van der Waals surface area contributed by atoms with Crippen LogP contribution in [-0.2, 0) is 16.6 Å². The van der Waals surface area contributed by atoms with Crippen molar-refractivity contribution in [3.8, 4) is 16.9 Å². The van der Waals surface area contributed by atoms with Crippen molar-refractivity contribution in [3.63, 3.8) is 0 Å². The standard InChI is InChI=1S/C31H35FN8O5/c1-5-33-29(41)23-15-21(17-38(3)30(23)42)26-19(2)28(40(37-26)22-9-7-6-8-10-22)36-31(43)35-24-18-39(13-14-44-4)45-27(24)20-11-12-34-25(32)16-20/h6-12,15-17,24,27H,5,13-14,18H2,1-4H3,(H,33,41)(H2,35,36,43)/t24-,27+/m1/s1. The zero-order valence-electron chi connectivity index (χ0n) is 25.4. The summed E-state index contributed by atoms with van der Waals surface area (Å²) in [5.74, 6) is -0.762. The number of anilines is 1. The highest BCUT2D eigenvalue weighted by Crippen LogP contribution is 2.32. The van der Waals surface area contributed by atoms with Gasteiger partial charge in [-0.05, 0) is 49.7 Å². The highest BCUT2D eigenvalue weighted by molar-refractivity contribution is 5.95. The van der Waals surface area contributed by atoms with Gasteiger partial charge in [0.25, 0.3) is 11.5 Å². The number of aryl methyl sites for hydroxylation is 1. The molecular formula is C31H35FN8O5. The van der Waals surface area contributed by atoms with E-state index in [4.69, 9.17) is 14.7 Å². The summed E-state index contributed by atoms with van der Waals surface area (Å²) in [4.78, 5) is 48.7. The first-order valence-corrected chi connectivity index (χ1v) is 14.4. The number of urea groups is 1. The third-order valence-electron chi connectivity index (χ3n) is 7.36. The molecule has 1 aliphatic heterocycles. The third kappa shape index (κ3) is 6.93. The molecule has 1 aromatic carbocycles. The lowest BCUT2D eigenvalue weighted by atomic mass is 10.0. The number of carbonyl (C=O) groups excluding carboxylic acids is 2. The molecule has 0 saturated carbocycles. The summed E-state index contributed by atoms with van der Waals surface area (Å²) in [6.45, 7) is 5.11. The molecule has 1 saturated heterocycles. The Morgan fingerprint density at radius 3 is 2.67 bits per heavy atom. The van der Waals surface area contributed by atoms with Crippen molar-refractivity contribution in [1.29, 1.82) is 0 Å². The number of benzene rings is 1. The molecule has 1 fully saturated rings. The van der Waals surface area contributed by atoms with Gasteiger partial charge in [0.1, 0.15) is 17.5 Å². The minimum absolute atomic E-state index is 0.0179. The molecule has 0 spiro atoms. The van der Waals surface area contributed by atoms with Crippen LogP contribution in [0.15, 0.2) is 65.7 Å². The maximum absolute atomic E-state index is 14.0. The molecule has 45 heavy (non-hydrogen) atoms. The second kappa shape index (κ2) is 13.8. The van der Waals surface area contributed by atoms with E-state index in [-0.39, 0.29) is 5.56 Å². The lowest BCUT2D eigenvalue weighted by Crippen LogP contribution is -2.42. The van der Waals surface area contributed by atoms with Crippen LogP contribution in [0.1, 0.15) is 34.5 Å². The monoisotopic (exact) mass is 618 g/mol. The van der Waals surface area contributed by atoms with Crippen LogP contribution in [0.25, 0.3) is 16.9 Å². The number of hydrogen-bond acceptors (Lipinski definition) is 8. The Morgan fingerprint density at radius 1 is 1.18 bits per heavy atom. The number of pyridine rings is 2. The molecule has 4 heterocycles. The number of carbonyl (C=O) groups is 2. The number of aromatic nitrogens is 4. The van der Waals surface area contributed by atoms with Gasteiger partial charge in [-0.2, -0.15) is 14.6 Å². The Morgan fingerprint density at radius 2 is 1.96 bits per heavy atom. The molecule has 0 bridgehead atoms. The zero-order valence-corrected chi connectivity index (χ0v) is 25.4. The zero-order chi connectivity index (χ0) is 32.1. The molecule has 3 amide bonds. The Balaban J connectivity index is 1.48. The molecular weight excluding hydrogens is 583 g/mol. The molecule has 3 aromatic heterocycles. The predicted octanol–water partition coefficient (Wildman–Crippen LogP) is 2.96. The average molecular weight is 619 g/mol. The van der Waals surface area contributed by atoms with Crippen molar-refractivity contribution in [2.24, 2.45) is 7.05 Å². The van der Waals surface area contributed by atoms with Gasteiger partial charge in [-0.3, -0.25) is 19.7 Å². The maximum Gasteiger partial charge on any atom is 0.320 e. The number of halogens is 1. The van der Waals surface area contributed by atoms with Crippen molar-refractivity contribution in [1.82, 2.24) is 35.0 Å². The molecule has 13 nitrogen and oxygen atoms in total. The quantitative estimate of drug-likeness (QED) is 0.230. The summed E-state index contributed by atoms with van der Waals surface area (Å²) in [5, 5.41) is 15.0. The van der Waals surface area contributed by atoms with Crippen LogP contribution < -0.4 is 21.5 Å². The second-order valence-electron chi connectivity index (χ2n) is 10.5. The fourth-order valence-electron chi connectivity index (χ4n) is 5.18. The Labute approximate surface area is 258 Å². The van der Waals surface area contributed by atoms with Crippen molar-refractivity contribution in [3.05, 3.63) is 93.9 Å². The molecule has 2 atom stereocenters. The number of ether oxygens (including phenoxy) is 1. The topological polar surface area (TPSA) is 145 Å². The van der Waals surface area contributed by atoms with Crippen molar-refractivity contribution in [2.45, 2.75) is 26.0 Å². The summed E-state index contributed by atoms with van der Waals surface area (Å²) in [6, 6.07) is 12.6. The van der Waals surface area contributed by atoms with Crippen molar-refractivity contribution in [2.75, 3.05) is 38.7 Å². The first-order valence-electron chi connectivity index (χ1n) is 14.4. The van der Waals surface area contributed by atoms with E-state index < -0.39 is 35.6 Å². The minimum atomic E-state index is -0.668. The van der Waals surface area contributed by atoms with Gasteiger partial charge in [-0.15, -0.1) is 0 Å². The number of methoxy groups -OCH3 is 1. The van der Waals surface area contributed by atoms with Crippen LogP contribution in [0.2, 0.25) is 0 Å². The molecule has 5 rings (SSSR count). The molecule has 1 aliphatic rings. The SMILES string of the molecule is CCNC(=O)c1cc(-c2nn(-c3ccccc3)c(NC(=O)N[C@@H]3CN(CCOC)O[C@H]3c3ccnc(F)c3)c2C)cn(C)c1=O. The Kier molecular flexibility index (Phi) is 9.66. The van der Waals surface area contributed by atoms with Gasteiger partial charge >= 0.3 is 6.03 Å². The minimum Gasteiger partial charge on any atom is -0.383 e. The summed E-state index contributed by atoms with van der Waals surface area (Å²) >= 11 is 0. The smallest absolute Gasteiger partial charge is 0.320 e. The second-order valence-corrected chi connectivity index (χ2v) is 10.5. The summed E-state index contributed by atoms with van der Waals surface area (Å²) in [5.41, 5.74) is 2.34. The van der Waals surface area contributed by atoms with Crippen LogP contribution in [0, 0.1) is 12.9 Å². The molecule has 0 radical (unpaired) electrons. The molecule has 236 valence electrons. The number of para-hydroxylation sites is 1. The van der Waals surface area contributed by atoms with Gasteiger partial charge in [-0.25, -0.2) is 14.5 Å². The van der Waals surface area contributed by atoms with E-state index in [1.807, 2.05) is 30.3 Å². The van der Waals surface area contributed by atoms with E-state index in [0.29, 0.717) is 60.1 Å². The predicted molar refractivity (Wildman–Crippen MR) is 164 cm³/mol. The summed E-state index contributed by atoms with van der Waals surface area (Å²) in [6.07, 6.45) is 2.28. The molecule has 0 unspecified atom stereocenters. The van der Waals surface area contributed by atoms with E-state index in [1.54, 1.807) is 50.0 Å². The third-order valence-corrected chi connectivity index (χ3v) is 7.36. The van der Waals surface area contributed by atoms with Gasteiger partial charge in [0.15, 0.2) is 0 Å². The lowest BCUT2D eigenvalue weighted by Gasteiger charge is -2.19. The van der Waals surface area contributed by atoms with E-state index in [1.165, 1.54) is 22.9 Å². The van der Waals surface area contributed by atoms with Crippen LogP contribution in [0.5, 0.6) is 0 Å². The molecule has 14 heteroatoms. The van der Waals surface area contributed by atoms with Gasteiger partial charge in [-0.1, -0.05) is 18.2 Å². The van der Waals surface area contributed by atoms with Crippen LogP contribution in [-0.4, -0.2) is 75.7 Å². The van der Waals surface area contributed by atoms with Crippen LogP contribution in [0.4, 0.5) is 15.0 Å². The Hall–Kier alpha value is -4.92. The van der Waals surface area contributed by atoms with E-state index in [9.17, 15) is 18.8 Å². The highest BCUT2D eigenvalue weighted by atomic mass is 19.1. The van der Waals surface area contributed by atoms with Gasteiger partial charge in [0, 0.05) is 57.3 Å². The largest absolute Gasteiger partial charge is 0.383 e. The molecule has 3 N–H and O–H groups in total. The van der Waals surface area contributed by atoms with Crippen LogP contribution in [0.3, 0.4) is 0 Å². The fourth-order valence-corrected chi connectivity index (χ4v) is 5.18. The normalized spacial score (nSPS) is 16.5. The average Bonchev–Trinajstić information content (AvgIpc) is 3.58. The maximum atomic E-state index is 14.0. The van der Waals surface area contributed by atoms with Crippen molar-refractivity contribution >= 4 is 17.8 Å². The van der Waals surface area contributed by atoms with E-state index in [0.717, 1.165) is 0 Å². The number of amides is 3. The van der Waals surface area contributed by atoms with Gasteiger partial charge in [0.2, 0.25) is 5.95 Å². The number of hydroxylamine groups is 2. The Bertz CT molecular complexity index is 1740. The summed E-state index contributed by atoms with van der Waals surface area (Å²) in [7, 11) is 3.15. The summed E-state index contributed by atoms with van der Waals surface area (Å²) < 4.78 is 22.1. The van der Waals surface area contributed by atoms with E-state index >= 15 is 0 Å². The van der Waals surface area contributed by atoms with Crippen LogP contribution >= 0.6 is 0 Å². The first kappa shape index (κ1) is 31.5. The number of nitrogens with one attached hydrogen (secondary N) is 3. The molecule has 0 aliphatic carbocycles. The number of hydrogen-bond donors (Lipinski definition) is 3. The van der Waals surface area contributed by atoms with Gasteiger partial charge < -0.3 is 19.9 Å². The lowest BCUT2D eigenvalue weighted by molar-refractivity contribution is -0.154. The number of nitrogens with zero attached hydrogens (tertiary/aromatic N) is 5. The number of rotatable bonds is 10. The highest BCUT2D eigenvalue weighted by Gasteiger charge is 2.37. The van der Waals surface area contributed by atoms with E-state index in [2.05, 4.69) is 20.9 Å². The fraction of sp³-hybridized carbons (Fsp3) is 0.323. The molecule has 4 aromatic rings. The first-order chi connectivity index (χ1) is 21.7.